The molecule has 0 N–H and O–H groups in total. The third kappa shape index (κ3) is 3.22. The average molecular weight is 354 g/mol. The summed E-state index contributed by atoms with van der Waals surface area (Å²) >= 11 is 0. The van der Waals surface area contributed by atoms with Gasteiger partial charge < -0.3 is 4.57 Å². The first-order valence-corrected chi connectivity index (χ1v) is 12.5. The molecule has 0 atom stereocenters. The van der Waals surface area contributed by atoms with Crippen molar-refractivity contribution in [3.05, 3.63) is 84.9 Å². The molecule has 3 aromatic rings. The second-order valence-electron chi connectivity index (χ2n) is 6.61. The fourth-order valence-electron chi connectivity index (χ4n) is 2.79. The molecule has 0 saturated heterocycles. The standard InChI is InChI=1S/C21H23OPS/c1-24(2,3)21-16-14-20(15-17-21)23(22,18-10-6-4-7-11-18)19-12-8-5-9-13-19/h4-17H,1-3H3. The molecule has 0 fully saturated rings. The van der Waals surface area contributed by atoms with E-state index < -0.39 is 17.2 Å². The summed E-state index contributed by atoms with van der Waals surface area (Å²) in [4.78, 5) is 1.33. The summed E-state index contributed by atoms with van der Waals surface area (Å²) in [6.07, 6.45) is 6.82. The van der Waals surface area contributed by atoms with Crippen molar-refractivity contribution in [3.8, 4) is 0 Å². The molecule has 3 aromatic carbocycles. The molecule has 0 bridgehead atoms. The monoisotopic (exact) mass is 354 g/mol. The summed E-state index contributed by atoms with van der Waals surface area (Å²) < 4.78 is 14.2. The van der Waals surface area contributed by atoms with Crippen molar-refractivity contribution in [2.75, 3.05) is 18.8 Å². The van der Waals surface area contributed by atoms with E-state index in [2.05, 4.69) is 30.9 Å². The molecule has 0 unspecified atom stereocenters. The number of rotatable bonds is 4. The van der Waals surface area contributed by atoms with Gasteiger partial charge >= 0.3 is 0 Å². The molecule has 0 saturated carbocycles. The molecule has 0 heterocycles. The van der Waals surface area contributed by atoms with E-state index in [1.807, 2.05) is 72.8 Å². The van der Waals surface area contributed by atoms with Crippen LogP contribution in [-0.4, -0.2) is 18.8 Å². The van der Waals surface area contributed by atoms with Crippen LogP contribution >= 0.6 is 17.2 Å². The van der Waals surface area contributed by atoms with Gasteiger partial charge in [0.05, 0.1) is 0 Å². The van der Waals surface area contributed by atoms with Crippen molar-refractivity contribution in [2.24, 2.45) is 0 Å². The van der Waals surface area contributed by atoms with Crippen molar-refractivity contribution in [1.29, 1.82) is 0 Å². The molecule has 0 aliphatic rings. The van der Waals surface area contributed by atoms with Crippen LogP contribution in [0.5, 0.6) is 0 Å². The zero-order valence-electron chi connectivity index (χ0n) is 14.3. The minimum absolute atomic E-state index is 0.784. The minimum atomic E-state index is -2.84. The lowest BCUT2D eigenvalue weighted by molar-refractivity contribution is 0.592. The Labute approximate surface area is 146 Å². The predicted octanol–water partition coefficient (Wildman–Crippen LogP) is 4.38. The Bertz CT molecular complexity index is 806. The molecule has 0 amide bonds. The number of benzene rings is 3. The van der Waals surface area contributed by atoms with Crippen LogP contribution in [0.2, 0.25) is 0 Å². The maximum Gasteiger partial charge on any atom is 0.171 e. The van der Waals surface area contributed by atoms with Crippen molar-refractivity contribution >= 4 is 33.1 Å². The van der Waals surface area contributed by atoms with Crippen molar-refractivity contribution in [3.63, 3.8) is 0 Å². The van der Waals surface area contributed by atoms with Gasteiger partial charge in [-0.15, -0.1) is 0 Å². The zero-order valence-corrected chi connectivity index (χ0v) is 16.1. The normalized spacial score (nSPS) is 12.8. The van der Waals surface area contributed by atoms with Gasteiger partial charge in [-0.3, -0.25) is 0 Å². The van der Waals surface area contributed by atoms with Gasteiger partial charge in [-0.25, -0.2) is 10.0 Å². The Morgan fingerprint density at radius 3 is 1.33 bits per heavy atom. The Morgan fingerprint density at radius 2 is 0.958 bits per heavy atom. The lowest BCUT2D eigenvalue weighted by atomic mass is 10.3. The highest BCUT2D eigenvalue weighted by Crippen LogP contribution is 2.47. The smallest absolute Gasteiger partial charge is 0.171 e. The molecule has 3 rings (SSSR count). The van der Waals surface area contributed by atoms with Crippen LogP contribution in [0, 0.1) is 0 Å². The summed E-state index contributed by atoms with van der Waals surface area (Å²) in [7, 11) is -3.62. The molecule has 3 heteroatoms. The van der Waals surface area contributed by atoms with E-state index in [4.69, 9.17) is 0 Å². The maximum atomic E-state index is 14.2. The molecule has 0 aliphatic heterocycles. The van der Waals surface area contributed by atoms with Crippen LogP contribution in [0.25, 0.3) is 0 Å². The number of hydrogen-bond donors (Lipinski definition) is 0. The first kappa shape index (κ1) is 17.1. The van der Waals surface area contributed by atoms with Crippen LogP contribution < -0.4 is 15.9 Å². The van der Waals surface area contributed by atoms with E-state index in [-0.39, 0.29) is 0 Å². The predicted molar refractivity (Wildman–Crippen MR) is 109 cm³/mol. The van der Waals surface area contributed by atoms with Crippen molar-refractivity contribution in [2.45, 2.75) is 4.90 Å². The quantitative estimate of drug-likeness (QED) is 0.636. The van der Waals surface area contributed by atoms with Crippen LogP contribution in [0.3, 0.4) is 0 Å². The molecular formula is C21H23OPS. The fourth-order valence-corrected chi connectivity index (χ4v) is 6.39. The lowest BCUT2D eigenvalue weighted by Crippen LogP contribution is -2.24. The van der Waals surface area contributed by atoms with E-state index in [1.165, 1.54) is 4.90 Å². The second kappa shape index (κ2) is 6.63. The van der Waals surface area contributed by atoms with Crippen LogP contribution in [0.4, 0.5) is 0 Å². The molecular weight excluding hydrogens is 331 g/mol. The topological polar surface area (TPSA) is 17.1 Å². The summed E-state index contributed by atoms with van der Waals surface area (Å²) in [5.74, 6) is 0. The van der Waals surface area contributed by atoms with Gasteiger partial charge in [0, 0.05) is 15.9 Å². The van der Waals surface area contributed by atoms with E-state index >= 15 is 0 Å². The molecule has 0 radical (unpaired) electrons. The molecule has 24 heavy (non-hydrogen) atoms. The highest BCUT2D eigenvalue weighted by atomic mass is 32.3. The Hall–Kier alpha value is -1.76. The van der Waals surface area contributed by atoms with Gasteiger partial charge in [0.15, 0.2) is 7.14 Å². The fraction of sp³-hybridized carbons (Fsp3) is 0.143. The SMILES string of the molecule is CS(C)(C)c1ccc(P(=O)(c2ccccc2)c2ccccc2)cc1. The highest BCUT2D eigenvalue weighted by molar-refractivity contribution is 8.32. The largest absolute Gasteiger partial charge is 0.309 e. The van der Waals surface area contributed by atoms with Crippen molar-refractivity contribution < 1.29 is 4.57 Å². The molecule has 0 aromatic heterocycles. The van der Waals surface area contributed by atoms with Gasteiger partial charge in [-0.2, -0.15) is 0 Å². The summed E-state index contributed by atoms with van der Waals surface area (Å²) in [6.45, 7) is 0. The second-order valence-corrected chi connectivity index (χ2v) is 13.5. The van der Waals surface area contributed by atoms with E-state index in [9.17, 15) is 4.57 Å². The first-order chi connectivity index (χ1) is 11.4. The Balaban J connectivity index is 2.18. The summed E-state index contributed by atoms with van der Waals surface area (Å²) in [5.41, 5.74) is 0. The maximum absolute atomic E-state index is 14.2. The highest BCUT2D eigenvalue weighted by Gasteiger charge is 2.29. The van der Waals surface area contributed by atoms with Crippen LogP contribution in [0.1, 0.15) is 0 Å². The van der Waals surface area contributed by atoms with E-state index in [0.717, 1.165) is 15.9 Å². The molecule has 124 valence electrons. The zero-order chi connectivity index (χ0) is 17.2. The number of hydrogen-bond acceptors (Lipinski definition) is 1. The third-order valence-electron chi connectivity index (χ3n) is 4.15. The van der Waals surface area contributed by atoms with Crippen molar-refractivity contribution in [1.82, 2.24) is 0 Å². The van der Waals surface area contributed by atoms with Crippen LogP contribution in [0.15, 0.2) is 89.8 Å². The van der Waals surface area contributed by atoms with Gasteiger partial charge in [0.25, 0.3) is 0 Å². The first-order valence-electron chi connectivity index (χ1n) is 7.92. The van der Waals surface area contributed by atoms with E-state index in [1.54, 1.807) is 0 Å². The molecule has 0 spiro atoms. The summed E-state index contributed by atoms with van der Waals surface area (Å²) in [5, 5.41) is 2.66. The Kier molecular flexibility index (Phi) is 4.71. The Morgan fingerprint density at radius 1 is 0.583 bits per heavy atom. The molecule has 1 nitrogen and oxygen atoms in total. The van der Waals surface area contributed by atoms with Gasteiger partial charge in [0.1, 0.15) is 0 Å². The van der Waals surface area contributed by atoms with Crippen LogP contribution in [-0.2, 0) is 4.57 Å². The minimum Gasteiger partial charge on any atom is -0.309 e. The van der Waals surface area contributed by atoms with Gasteiger partial charge in [-0.1, -0.05) is 60.7 Å². The summed E-state index contributed by atoms with van der Waals surface area (Å²) in [6, 6.07) is 28.0. The molecule has 0 aliphatic carbocycles. The average Bonchev–Trinajstić information content (AvgIpc) is 2.62. The van der Waals surface area contributed by atoms with Gasteiger partial charge in [-0.05, 0) is 47.9 Å². The lowest BCUT2D eigenvalue weighted by Gasteiger charge is -2.27. The van der Waals surface area contributed by atoms with Gasteiger partial charge in [0.2, 0.25) is 0 Å². The van der Waals surface area contributed by atoms with E-state index in [0.29, 0.717) is 0 Å². The third-order valence-corrected chi connectivity index (χ3v) is 8.91.